The first kappa shape index (κ1) is 14.4. The monoisotopic (exact) mass is 281 g/mol. The first-order valence-corrected chi connectivity index (χ1v) is 7.10. The second-order valence-electron chi connectivity index (χ2n) is 5.32. The number of aryl methyl sites for hydroxylation is 1. The zero-order valence-corrected chi connectivity index (χ0v) is 12.2. The molecule has 2 unspecified atom stereocenters. The van der Waals surface area contributed by atoms with E-state index in [-0.39, 0.29) is 11.9 Å². The Labute approximate surface area is 119 Å². The Balaban J connectivity index is 2.18. The fourth-order valence-electron chi connectivity index (χ4n) is 2.68. The molecule has 1 aromatic rings. The molecule has 1 fully saturated rings. The highest BCUT2D eigenvalue weighted by Gasteiger charge is 2.30. The van der Waals surface area contributed by atoms with Crippen LogP contribution in [0.5, 0.6) is 0 Å². The van der Waals surface area contributed by atoms with Crippen LogP contribution < -0.4 is 0 Å². The molecule has 19 heavy (non-hydrogen) atoms. The summed E-state index contributed by atoms with van der Waals surface area (Å²) in [7, 11) is 1.75. The first-order chi connectivity index (χ1) is 9.00. The molecule has 4 heteroatoms. The Morgan fingerprint density at radius 3 is 2.68 bits per heavy atom. The minimum Gasteiger partial charge on any atom is -0.391 e. The van der Waals surface area contributed by atoms with Crippen molar-refractivity contribution >= 4 is 17.5 Å². The van der Waals surface area contributed by atoms with Crippen LogP contribution in [0.1, 0.15) is 41.6 Å². The highest BCUT2D eigenvalue weighted by molar-refractivity contribution is 6.33. The fourth-order valence-corrected chi connectivity index (χ4v) is 2.99. The molecule has 104 valence electrons. The standard InChI is InChI=1S/C15H20ClNO2/c1-10-7-8-11(12(16)9-10)15(19)17(2)13-5-3-4-6-14(13)18/h7-9,13-14,18H,3-6H2,1-2H3. The molecule has 0 saturated heterocycles. The van der Waals surface area contributed by atoms with E-state index in [4.69, 9.17) is 11.6 Å². The van der Waals surface area contributed by atoms with Gasteiger partial charge < -0.3 is 10.0 Å². The van der Waals surface area contributed by atoms with Crippen LogP contribution in [-0.4, -0.2) is 35.1 Å². The lowest BCUT2D eigenvalue weighted by molar-refractivity contribution is 0.0268. The molecule has 1 aliphatic carbocycles. The van der Waals surface area contributed by atoms with Gasteiger partial charge in [-0.1, -0.05) is 30.5 Å². The summed E-state index contributed by atoms with van der Waals surface area (Å²) < 4.78 is 0. The van der Waals surface area contributed by atoms with E-state index in [0.717, 1.165) is 31.2 Å². The summed E-state index contributed by atoms with van der Waals surface area (Å²) in [6.07, 6.45) is 3.29. The van der Waals surface area contributed by atoms with Crippen molar-refractivity contribution in [3.8, 4) is 0 Å². The summed E-state index contributed by atoms with van der Waals surface area (Å²) in [5, 5.41) is 10.5. The van der Waals surface area contributed by atoms with Crippen LogP contribution in [0.3, 0.4) is 0 Å². The molecule has 2 rings (SSSR count). The van der Waals surface area contributed by atoms with Crippen LogP contribution in [0.15, 0.2) is 18.2 Å². The molecular formula is C15H20ClNO2. The zero-order valence-electron chi connectivity index (χ0n) is 11.4. The van der Waals surface area contributed by atoms with Crippen LogP contribution in [0.25, 0.3) is 0 Å². The summed E-state index contributed by atoms with van der Waals surface area (Å²) in [6, 6.07) is 5.33. The van der Waals surface area contributed by atoms with Crippen molar-refractivity contribution in [1.82, 2.24) is 4.90 Å². The predicted octanol–water partition coefficient (Wildman–Crippen LogP) is 3.02. The third-order valence-electron chi connectivity index (χ3n) is 3.87. The van der Waals surface area contributed by atoms with Gasteiger partial charge in [0.25, 0.3) is 5.91 Å². The number of nitrogens with zero attached hydrogens (tertiary/aromatic N) is 1. The summed E-state index contributed by atoms with van der Waals surface area (Å²) in [5.41, 5.74) is 1.54. The van der Waals surface area contributed by atoms with Crippen LogP contribution in [0.2, 0.25) is 5.02 Å². The Hall–Kier alpha value is -1.06. The van der Waals surface area contributed by atoms with E-state index in [2.05, 4.69) is 0 Å². The summed E-state index contributed by atoms with van der Waals surface area (Å²) in [4.78, 5) is 14.1. The predicted molar refractivity (Wildman–Crippen MR) is 76.5 cm³/mol. The van der Waals surface area contributed by atoms with Crippen molar-refractivity contribution in [3.05, 3.63) is 34.3 Å². The first-order valence-electron chi connectivity index (χ1n) is 6.72. The number of amides is 1. The molecule has 1 aliphatic rings. The number of carbonyl (C=O) groups is 1. The van der Waals surface area contributed by atoms with E-state index in [1.807, 2.05) is 13.0 Å². The van der Waals surface area contributed by atoms with E-state index < -0.39 is 6.10 Å². The van der Waals surface area contributed by atoms with Crippen LogP contribution in [-0.2, 0) is 0 Å². The third-order valence-corrected chi connectivity index (χ3v) is 4.18. The molecule has 3 nitrogen and oxygen atoms in total. The van der Waals surface area contributed by atoms with Gasteiger partial charge in [-0.2, -0.15) is 0 Å². The minimum atomic E-state index is -0.424. The van der Waals surface area contributed by atoms with E-state index in [0.29, 0.717) is 10.6 Å². The smallest absolute Gasteiger partial charge is 0.255 e. The lowest BCUT2D eigenvalue weighted by Crippen LogP contribution is -2.46. The van der Waals surface area contributed by atoms with Gasteiger partial charge in [0.1, 0.15) is 0 Å². The van der Waals surface area contributed by atoms with Crippen LogP contribution >= 0.6 is 11.6 Å². The van der Waals surface area contributed by atoms with Crippen molar-refractivity contribution in [2.45, 2.75) is 44.8 Å². The molecule has 2 atom stereocenters. The number of hydrogen-bond acceptors (Lipinski definition) is 2. The fraction of sp³-hybridized carbons (Fsp3) is 0.533. The minimum absolute atomic E-state index is 0.0985. The van der Waals surface area contributed by atoms with Gasteiger partial charge in [0.15, 0.2) is 0 Å². The molecule has 1 saturated carbocycles. The lowest BCUT2D eigenvalue weighted by Gasteiger charge is -2.35. The zero-order chi connectivity index (χ0) is 14.0. The molecule has 0 spiro atoms. The molecular weight excluding hydrogens is 262 g/mol. The normalized spacial score (nSPS) is 23.2. The maximum atomic E-state index is 12.5. The van der Waals surface area contributed by atoms with E-state index >= 15 is 0 Å². The van der Waals surface area contributed by atoms with Crippen molar-refractivity contribution in [3.63, 3.8) is 0 Å². The topological polar surface area (TPSA) is 40.5 Å². The molecule has 1 N–H and O–H groups in total. The second kappa shape index (κ2) is 5.93. The van der Waals surface area contributed by atoms with Gasteiger partial charge in [0.05, 0.1) is 22.7 Å². The van der Waals surface area contributed by atoms with Gasteiger partial charge in [0.2, 0.25) is 0 Å². The average molecular weight is 282 g/mol. The second-order valence-corrected chi connectivity index (χ2v) is 5.73. The Bertz CT molecular complexity index is 475. The number of hydrogen-bond donors (Lipinski definition) is 1. The van der Waals surface area contributed by atoms with E-state index in [9.17, 15) is 9.90 Å². The number of benzene rings is 1. The maximum absolute atomic E-state index is 12.5. The molecule has 0 radical (unpaired) electrons. The number of aliphatic hydroxyl groups is 1. The SMILES string of the molecule is Cc1ccc(C(=O)N(C)C2CCCCC2O)c(Cl)c1. The third kappa shape index (κ3) is 3.10. The number of aliphatic hydroxyl groups excluding tert-OH is 1. The summed E-state index contributed by atoms with van der Waals surface area (Å²) in [5.74, 6) is -0.115. The largest absolute Gasteiger partial charge is 0.391 e. The number of carbonyl (C=O) groups excluding carboxylic acids is 1. The maximum Gasteiger partial charge on any atom is 0.255 e. The molecule has 0 aromatic heterocycles. The lowest BCUT2D eigenvalue weighted by atomic mass is 9.91. The average Bonchev–Trinajstić information content (AvgIpc) is 2.38. The van der Waals surface area contributed by atoms with Gasteiger partial charge in [-0.25, -0.2) is 0 Å². The summed E-state index contributed by atoms with van der Waals surface area (Å²) in [6.45, 7) is 1.94. The van der Waals surface area contributed by atoms with Gasteiger partial charge >= 0.3 is 0 Å². The molecule has 1 amide bonds. The van der Waals surface area contributed by atoms with Gasteiger partial charge in [-0.3, -0.25) is 4.79 Å². The van der Waals surface area contributed by atoms with Crippen LogP contribution in [0.4, 0.5) is 0 Å². The molecule has 0 bridgehead atoms. The highest BCUT2D eigenvalue weighted by Crippen LogP contribution is 2.25. The van der Waals surface area contributed by atoms with Crippen molar-refractivity contribution in [2.75, 3.05) is 7.05 Å². The Morgan fingerprint density at radius 2 is 2.05 bits per heavy atom. The molecule has 1 aromatic carbocycles. The van der Waals surface area contributed by atoms with Crippen LogP contribution in [0, 0.1) is 6.92 Å². The van der Waals surface area contributed by atoms with E-state index in [1.165, 1.54) is 0 Å². The Kier molecular flexibility index (Phi) is 4.48. The molecule has 0 heterocycles. The Morgan fingerprint density at radius 1 is 1.37 bits per heavy atom. The number of likely N-dealkylation sites (N-methyl/N-ethyl adjacent to an activating group) is 1. The van der Waals surface area contributed by atoms with Crippen molar-refractivity contribution in [2.24, 2.45) is 0 Å². The van der Waals surface area contributed by atoms with Gasteiger partial charge in [0, 0.05) is 7.05 Å². The van der Waals surface area contributed by atoms with Gasteiger partial charge in [-0.05, 0) is 37.5 Å². The van der Waals surface area contributed by atoms with Crippen molar-refractivity contribution < 1.29 is 9.90 Å². The summed E-state index contributed by atoms with van der Waals surface area (Å²) >= 11 is 6.13. The quantitative estimate of drug-likeness (QED) is 0.905. The van der Waals surface area contributed by atoms with E-state index in [1.54, 1.807) is 24.1 Å². The molecule has 0 aliphatic heterocycles. The highest BCUT2D eigenvalue weighted by atomic mass is 35.5. The van der Waals surface area contributed by atoms with Crippen molar-refractivity contribution in [1.29, 1.82) is 0 Å². The number of halogens is 1. The van der Waals surface area contributed by atoms with Gasteiger partial charge in [-0.15, -0.1) is 0 Å². The number of rotatable bonds is 2.